The monoisotopic (exact) mass is 435 g/mol. The minimum absolute atomic E-state index is 0.0172. The first kappa shape index (κ1) is 22.0. The van der Waals surface area contributed by atoms with E-state index >= 15 is 0 Å². The van der Waals surface area contributed by atoms with Gasteiger partial charge in [0.05, 0.1) is 23.7 Å². The average molecular weight is 436 g/mol. The second-order valence-corrected chi connectivity index (χ2v) is 10.2. The van der Waals surface area contributed by atoms with E-state index in [1.54, 1.807) is 26.1 Å². The van der Waals surface area contributed by atoms with Crippen LogP contribution in [0.1, 0.15) is 39.5 Å². The van der Waals surface area contributed by atoms with Crippen molar-refractivity contribution in [3.05, 3.63) is 24.5 Å². The summed E-state index contributed by atoms with van der Waals surface area (Å²) in [5.74, 6) is 1.35. The van der Waals surface area contributed by atoms with Crippen LogP contribution in [0.4, 0.5) is 23.1 Å². The Morgan fingerprint density at radius 2 is 1.90 bits per heavy atom. The molecular weight excluding hydrogens is 406 g/mol. The van der Waals surface area contributed by atoms with E-state index in [0.29, 0.717) is 29.0 Å². The molecular formula is C19H29N7O3S. The molecule has 0 saturated heterocycles. The van der Waals surface area contributed by atoms with Crippen LogP contribution in [0.15, 0.2) is 24.5 Å². The third-order valence-corrected chi connectivity index (χ3v) is 7.61. The van der Waals surface area contributed by atoms with Gasteiger partial charge in [-0.3, -0.25) is 0 Å². The molecule has 0 aliphatic heterocycles. The lowest BCUT2D eigenvalue weighted by Gasteiger charge is -2.37. The first-order valence-electron chi connectivity index (χ1n) is 9.79. The lowest BCUT2D eigenvalue weighted by Crippen LogP contribution is -2.46. The maximum Gasteiger partial charge on any atom is 0.237 e. The number of aromatic nitrogens is 3. The van der Waals surface area contributed by atoms with Gasteiger partial charge in [-0.15, -0.1) is 0 Å². The van der Waals surface area contributed by atoms with Crippen molar-refractivity contribution >= 4 is 33.2 Å². The summed E-state index contributed by atoms with van der Waals surface area (Å²) in [5.41, 5.74) is 7.14. The van der Waals surface area contributed by atoms with Crippen molar-refractivity contribution in [3.63, 3.8) is 0 Å². The summed E-state index contributed by atoms with van der Waals surface area (Å²) in [4.78, 5) is 12.8. The fourth-order valence-electron chi connectivity index (χ4n) is 3.69. The van der Waals surface area contributed by atoms with Crippen molar-refractivity contribution in [2.24, 2.45) is 11.1 Å². The molecule has 0 amide bonds. The maximum atomic E-state index is 11.9. The Labute approximate surface area is 176 Å². The van der Waals surface area contributed by atoms with Gasteiger partial charge < -0.3 is 21.1 Å². The zero-order chi connectivity index (χ0) is 21.9. The molecule has 2 heterocycles. The van der Waals surface area contributed by atoms with Crippen molar-refractivity contribution in [1.29, 1.82) is 0 Å². The summed E-state index contributed by atoms with van der Waals surface area (Å²) in [7, 11) is -2.07. The quantitative estimate of drug-likeness (QED) is 0.511. The zero-order valence-corrected chi connectivity index (χ0v) is 18.2. The molecule has 1 aliphatic carbocycles. The maximum absolute atomic E-state index is 11.9. The minimum Gasteiger partial charge on any atom is -0.480 e. The molecule has 164 valence electrons. The van der Waals surface area contributed by atoms with Crippen molar-refractivity contribution in [2.75, 3.05) is 23.5 Å². The lowest BCUT2D eigenvalue weighted by atomic mass is 9.79. The summed E-state index contributed by atoms with van der Waals surface area (Å²) in [6, 6.07) is 3.73. The average Bonchev–Trinajstić information content (AvgIpc) is 2.70. The first-order chi connectivity index (χ1) is 14.1. The molecule has 30 heavy (non-hydrogen) atoms. The predicted octanol–water partition coefficient (Wildman–Crippen LogP) is 2.24. The van der Waals surface area contributed by atoms with Crippen molar-refractivity contribution in [2.45, 2.75) is 50.3 Å². The van der Waals surface area contributed by atoms with E-state index in [1.165, 1.54) is 13.3 Å². The number of nitrogen functional groups attached to an aromatic ring is 1. The van der Waals surface area contributed by atoms with E-state index in [1.807, 2.05) is 6.07 Å². The van der Waals surface area contributed by atoms with Crippen molar-refractivity contribution in [3.8, 4) is 5.88 Å². The van der Waals surface area contributed by atoms with Crippen LogP contribution in [-0.4, -0.2) is 41.3 Å². The molecule has 0 unspecified atom stereocenters. The van der Waals surface area contributed by atoms with E-state index < -0.39 is 14.8 Å². The molecule has 0 bridgehead atoms. The second kappa shape index (κ2) is 8.60. The number of nitrogens with zero attached hydrogens (tertiary/aromatic N) is 3. The van der Waals surface area contributed by atoms with Crippen LogP contribution in [0.5, 0.6) is 5.88 Å². The number of ether oxygens (including phenoxy) is 1. The van der Waals surface area contributed by atoms with Gasteiger partial charge in [0.15, 0.2) is 5.82 Å². The highest BCUT2D eigenvalue weighted by molar-refractivity contribution is 7.90. The number of rotatable bonds is 7. The van der Waals surface area contributed by atoms with Crippen LogP contribution in [0.2, 0.25) is 0 Å². The van der Waals surface area contributed by atoms with Crippen molar-refractivity contribution < 1.29 is 13.2 Å². The Bertz CT molecular complexity index is 989. The van der Waals surface area contributed by atoms with Crippen LogP contribution in [0, 0.1) is 5.92 Å². The number of anilines is 4. The summed E-state index contributed by atoms with van der Waals surface area (Å²) in [6.07, 6.45) is 6.28. The molecule has 2 aromatic heterocycles. The topological polar surface area (TPSA) is 158 Å². The molecule has 1 fully saturated rings. The Hall–Kier alpha value is -2.66. The highest BCUT2D eigenvalue weighted by Crippen LogP contribution is 2.37. The largest absolute Gasteiger partial charge is 0.480 e. The highest BCUT2D eigenvalue weighted by Gasteiger charge is 2.41. The number of primary sulfonamides is 1. The lowest BCUT2D eigenvalue weighted by molar-refractivity contribution is 0.279. The van der Waals surface area contributed by atoms with Gasteiger partial charge in [0, 0.05) is 12.2 Å². The number of hydrogen-bond acceptors (Lipinski definition) is 9. The van der Waals surface area contributed by atoms with Crippen LogP contribution < -0.4 is 26.2 Å². The van der Waals surface area contributed by atoms with Crippen molar-refractivity contribution in [1.82, 2.24) is 15.0 Å². The van der Waals surface area contributed by atoms with E-state index in [-0.39, 0.29) is 12.0 Å². The van der Waals surface area contributed by atoms with Crippen LogP contribution in [0.3, 0.4) is 0 Å². The molecule has 0 spiro atoms. The van der Waals surface area contributed by atoms with E-state index in [4.69, 9.17) is 15.6 Å². The summed E-state index contributed by atoms with van der Waals surface area (Å²) < 4.78 is 28.1. The zero-order valence-electron chi connectivity index (χ0n) is 17.4. The molecule has 1 aliphatic rings. The summed E-state index contributed by atoms with van der Waals surface area (Å²) >= 11 is 0. The van der Waals surface area contributed by atoms with Gasteiger partial charge in [0.2, 0.25) is 21.9 Å². The number of nitrogens with one attached hydrogen (secondary N) is 2. The number of pyridine rings is 1. The van der Waals surface area contributed by atoms with Gasteiger partial charge in [0.1, 0.15) is 5.69 Å². The molecule has 6 N–H and O–H groups in total. The third kappa shape index (κ3) is 4.73. The molecule has 0 radical (unpaired) electrons. The fraction of sp³-hybridized carbons (Fsp3) is 0.526. The van der Waals surface area contributed by atoms with Gasteiger partial charge in [-0.25, -0.2) is 23.5 Å². The number of sulfonamides is 1. The summed E-state index contributed by atoms with van der Waals surface area (Å²) in [6.45, 7) is 3.40. The number of hydrogen-bond donors (Lipinski definition) is 4. The Morgan fingerprint density at radius 1 is 1.20 bits per heavy atom. The van der Waals surface area contributed by atoms with E-state index in [9.17, 15) is 8.42 Å². The Kier molecular flexibility index (Phi) is 6.32. The molecule has 3 rings (SSSR count). The molecule has 0 aromatic carbocycles. The summed E-state index contributed by atoms with van der Waals surface area (Å²) in [5, 5.41) is 11.9. The van der Waals surface area contributed by atoms with Crippen LogP contribution >= 0.6 is 0 Å². The Balaban J connectivity index is 1.67. The standard InChI is InChI=1S/C19H29N7O3S/c1-19(2,30(21,27)28)12-6-8-13(9-7-12)24-16-14(20)11-23-18(26-16)25-15-5-4-10-22-17(15)29-3/h4-5,10-13H,6-9,20H2,1-3H3,(H2,21,27,28)(H2,23,24,25,26). The molecule has 2 aromatic rings. The van der Waals surface area contributed by atoms with Gasteiger partial charge in [-0.1, -0.05) is 0 Å². The van der Waals surface area contributed by atoms with Gasteiger partial charge in [-0.2, -0.15) is 4.98 Å². The molecule has 0 atom stereocenters. The molecule has 1 saturated carbocycles. The Morgan fingerprint density at radius 3 is 2.53 bits per heavy atom. The van der Waals surface area contributed by atoms with Crippen LogP contribution in [0.25, 0.3) is 0 Å². The number of nitrogens with two attached hydrogens (primary N) is 2. The van der Waals surface area contributed by atoms with Crippen LogP contribution in [-0.2, 0) is 10.0 Å². The van der Waals surface area contributed by atoms with Gasteiger partial charge in [-0.05, 0) is 57.6 Å². The first-order valence-corrected chi connectivity index (χ1v) is 11.3. The van der Waals surface area contributed by atoms with E-state index in [0.717, 1.165) is 25.7 Å². The fourth-order valence-corrected chi connectivity index (χ4v) is 4.39. The van der Waals surface area contributed by atoms with Gasteiger partial charge >= 0.3 is 0 Å². The highest BCUT2D eigenvalue weighted by atomic mass is 32.2. The third-order valence-electron chi connectivity index (χ3n) is 5.81. The SMILES string of the molecule is COc1ncccc1Nc1ncc(N)c(NC2CCC(C(C)(C)S(N)(=O)=O)CC2)n1. The van der Waals surface area contributed by atoms with E-state index in [2.05, 4.69) is 25.6 Å². The number of methoxy groups -OCH3 is 1. The predicted molar refractivity (Wildman–Crippen MR) is 117 cm³/mol. The smallest absolute Gasteiger partial charge is 0.237 e. The molecule has 10 nitrogen and oxygen atoms in total. The minimum atomic E-state index is -3.61. The molecule has 11 heteroatoms. The van der Waals surface area contributed by atoms with Gasteiger partial charge in [0.25, 0.3) is 0 Å². The normalized spacial score (nSPS) is 19.9. The second-order valence-electron chi connectivity index (χ2n) is 8.02.